The van der Waals surface area contributed by atoms with Crippen LogP contribution in [0.2, 0.25) is 0 Å². The molecule has 1 aromatic rings. The molecule has 3 aliphatic heterocycles. The highest BCUT2D eigenvalue weighted by molar-refractivity contribution is 7.91. The Morgan fingerprint density at radius 3 is 2.56 bits per heavy atom. The van der Waals surface area contributed by atoms with Crippen LogP contribution in [0.15, 0.2) is 30.4 Å². The lowest BCUT2D eigenvalue weighted by molar-refractivity contribution is -0.141. The second-order valence-electron chi connectivity index (χ2n) is 15.1. The molecule has 7 rings (SSSR count). The van der Waals surface area contributed by atoms with Crippen LogP contribution in [0.5, 0.6) is 0 Å². The summed E-state index contributed by atoms with van der Waals surface area (Å²) in [5.41, 5.74) is -0.497. The molecule has 14 nitrogen and oxygen atoms in total. The number of sulfonamides is 1. The van der Waals surface area contributed by atoms with Gasteiger partial charge >= 0.3 is 12.2 Å². The second kappa shape index (κ2) is 14.7. The van der Waals surface area contributed by atoms with Gasteiger partial charge in [-0.2, -0.15) is 0 Å². The molecule has 0 bridgehead atoms. The number of hydrogen-bond donors (Lipinski definition) is 3. The van der Waals surface area contributed by atoms with Crippen molar-refractivity contribution in [3.63, 3.8) is 0 Å². The largest absolute Gasteiger partial charge is 0.449 e. The number of amides is 5. The Labute approximate surface area is 302 Å². The molecule has 0 aromatic heterocycles. The summed E-state index contributed by atoms with van der Waals surface area (Å²) in [5, 5.41) is 4.85. The summed E-state index contributed by atoms with van der Waals surface area (Å²) in [6, 6.07) is 2.37. The van der Waals surface area contributed by atoms with Gasteiger partial charge in [0.2, 0.25) is 21.8 Å². The molecule has 3 N–H and O–H groups in total. The number of nitrogens with zero attached hydrogens (tertiary/aromatic N) is 2. The molecule has 16 heteroatoms. The first-order valence-electron chi connectivity index (χ1n) is 18.4. The predicted molar refractivity (Wildman–Crippen MR) is 183 cm³/mol. The third-order valence-corrected chi connectivity index (χ3v) is 13.1. The van der Waals surface area contributed by atoms with Gasteiger partial charge in [0, 0.05) is 24.4 Å². The minimum absolute atomic E-state index is 0.00534. The first-order chi connectivity index (χ1) is 24.9. The van der Waals surface area contributed by atoms with Gasteiger partial charge in [0.15, 0.2) is 0 Å². The number of carbonyl (C=O) groups is 5. The van der Waals surface area contributed by atoms with Crippen LogP contribution in [0.3, 0.4) is 0 Å². The third kappa shape index (κ3) is 7.76. The monoisotopic (exact) mass is 743 g/mol. The number of carbonyl (C=O) groups excluding carboxylic acids is 5. The second-order valence-corrected chi connectivity index (χ2v) is 17.0. The standard InChI is InChI=1S/C36H46FN5O9S/c37-28-12-7-10-23-18-41(20-27(23)28)35(47)51-25-16-30-31(43)39-36(33(45)40-52(48,49)26-14-15-26)17-24(36)11-4-2-1-3-5-13-29(32(44)42(30)19-25)38-34(46)50-21-22-8-6-9-22/h4,7,10-12,22,24-26,29-30H,1-3,5-6,8-9,13-21H2,(H,38,46)(H,39,43)(H,40,45)/b11-4-/t24-,25-,29+,30+,36-/m1/s1. The Morgan fingerprint density at radius 2 is 1.83 bits per heavy atom. The molecule has 0 unspecified atom stereocenters. The van der Waals surface area contributed by atoms with E-state index in [4.69, 9.17) is 9.47 Å². The SMILES string of the molecule is O=C(N[C@H]1CCCCC/C=C\[C@@H]2C[C@@]2(C(=O)NS(=O)(=O)C2CC2)NC(=O)[C@@H]2C[C@@H](OC(=O)N3Cc4cccc(F)c4C3)CN2C1=O)OCC1CCC1. The molecule has 4 fully saturated rings. The minimum Gasteiger partial charge on any atom is -0.449 e. The summed E-state index contributed by atoms with van der Waals surface area (Å²) in [5.74, 6) is -2.71. The highest BCUT2D eigenvalue weighted by Crippen LogP contribution is 2.46. The van der Waals surface area contributed by atoms with E-state index < -0.39 is 80.6 Å². The average molecular weight is 744 g/mol. The fraction of sp³-hybridized carbons (Fsp3) is 0.639. The summed E-state index contributed by atoms with van der Waals surface area (Å²) in [6.07, 6.45) is 8.37. The normalized spacial score (nSPS) is 29.9. The van der Waals surface area contributed by atoms with Crippen LogP contribution in [-0.2, 0) is 47.0 Å². The van der Waals surface area contributed by atoms with Crippen LogP contribution in [-0.4, -0.2) is 90.3 Å². The maximum Gasteiger partial charge on any atom is 0.410 e. The highest BCUT2D eigenvalue weighted by atomic mass is 32.2. The van der Waals surface area contributed by atoms with Gasteiger partial charge in [-0.1, -0.05) is 43.5 Å². The molecule has 1 aromatic carbocycles. The quantitative estimate of drug-likeness (QED) is 0.354. The molecule has 3 heterocycles. The van der Waals surface area contributed by atoms with E-state index >= 15 is 0 Å². The van der Waals surface area contributed by atoms with Crippen molar-refractivity contribution in [3.8, 4) is 0 Å². The van der Waals surface area contributed by atoms with Gasteiger partial charge in [0.1, 0.15) is 29.5 Å². The topological polar surface area (TPSA) is 181 Å². The molecule has 6 aliphatic rings. The number of ether oxygens (including phenoxy) is 2. The zero-order chi connectivity index (χ0) is 36.6. The summed E-state index contributed by atoms with van der Waals surface area (Å²) < 4.78 is 53.4. The Kier molecular flexibility index (Phi) is 10.2. The summed E-state index contributed by atoms with van der Waals surface area (Å²) in [4.78, 5) is 71.0. The Hall–Kier alpha value is -4.21. The van der Waals surface area contributed by atoms with E-state index in [0.717, 1.165) is 32.1 Å². The van der Waals surface area contributed by atoms with Gasteiger partial charge < -0.3 is 25.0 Å². The van der Waals surface area contributed by atoms with Gasteiger partial charge in [-0.3, -0.25) is 24.0 Å². The molecular weight excluding hydrogens is 697 g/mol. The fourth-order valence-electron chi connectivity index (χ4n) is 7.61. The fourth-order valence-corrected chi connectivity index (χ4v) is 8.98. The molecule has 3 aliphatic carbocycles. The number of nitrogens with one attached hydrogen (secondary N) is 3. The maximum absolute atomic E-state index is 14.4. The Morgan fingerprint density at radius 1 is 1.02 bits per heavy atom. The number of hydrogen-bond acceptors (Lipinski definition) is 9. The van der Waals surface area contributed by atoms with Crippen molar-refractivity contribution in [1.82, 2.24) is 25.2 Å². The van der Waals surface area contributed by atoms with E-state index in [-0.39, 0.29) is 45.5 Å². The minimum atomic E-state index is -3.91. The lowest BCUT2D eigenvalue weighted by Crippen LogP contribution is -2.58. The first-order valence-corrected chi connectivity index (χ1v) is 20.0. The summed E-state index contributed by atoms with van der Waals surface area (Å²) in [6.45, 7) is 0.214. The highest BCUT2D eigenvalue weighted by Gasteiger charge is 2.62. The van der Waals surface area contributed by atoms with Crippen molar-refractivity contribution in [3.05, 3.63) is 47.3 Å². The molecule has 282 valence electrons. The first kappa shape index (κ1) is 36.2. The molecule has 1 saturated heterocycles. The van der Waals surface area contributed by atoms with Gasteiger partial charge in [-0.15, -0.1) is 0 Å². The van der Waals surface area contributed by atoms with E-state index in [1.165, 1.54) is 15.9 Å². The van der Waals surface area contributed by atoms with E-state index in [1.807, 2.05) is 12.2 Å². The molecule has 0 radical (unpaired) electrons. The van der Waals surface area contributed by atoms with Crippen LogP contribution < -0.4 is 15.4 Å². The number of fused-ring (bicyclic) bond motifs is 3. The van der Waals surface area contributed by atoms with E-state index in [0.29, 0.717) is 42.7 Å². The van der Waals surface area contributed by atoms with Crippen LogP contribution in [0, 0.1) is 17.7 Å². The number of rotatable bonds is 7. The van der Waals surface area contributed by atoms with Crippen molar-refractivity contribution >= 4 is 39.9 Å². The van der Waals surface area contributed by atoms with Gasteiger partial charge in [-0.05, 0) is 68.9 Å². The Balaban J connectivity index is 1.11. The molecular formula is C36H46FN5O9S. The average Bonchev–Trinajstić information content (AvgIpc) is 3.96. The lowest BCUT2D eigenvalue weighted by Gasteiger charge is -2.30. The summed E-state index contributed by atoms with van der Waals surface area (Å²) >= 11 is 0. The van der Waals surface area contributed by atoms with Crippen molar-refractivity contribution in [2.24, 2.45) is 11.8 Å². The van der Waals surface area contributed by atoms with Crippen molar-refractivity contribution < 1.29 is 46.3 Å². The lowest BCUT2D eigenvalue weighted by atomic mass is 9.86. The Bertz CT molecular complexity index is 1750. The predicted octanol–water partition coefficient (Wildman–Crippen LogP) is 3.15. The van der Waals surface area contributed by atoms with Crippen LogP contribution in [0.4, 0.5) is 14.0 Å². The molecule has 3 saturated carbocycles. The van der Waals surface area contributed by atoms with E-state index in [1.54, 1.807) is 12.1 Å². The zero-order valence-corrected chi connectivity index (χ0v) is 29.8. The smallest absolute Gasteiger partial charge is 0.410 e. The van der Waals surface area contributed by atoms with Crippen LogP contribution in [0.25, 0.3) is 0 Å². The number of allylic oxidation sites excluding steroid dienone is 1. The zero-order valence-electron chi connectivity index (χ0n) is 29.0. The van der Waals surface area contributed by atoms with E-state index in [2.05, 4.69) is 15.4 Å². The number of halogens is 1. The summed E-state index contributed by atoms with van der Waals surface area (Å²) in [7, 11) is -3.91. The van der Waals surface area contributed by atoms with Crippen LogP contribution in [0.1, 0.15) is 88.2 Å². The van der Waals surface area contributed by atoms with Gasteiger partial charge in [0.05, 0.1) is 24.9 Å². The maximum atomic E-state index is 14.4. The van der Waals surface area contributed by atoms with Crippen LogP contribution >= 0.6 is 0 Å². The molecule has 0 spiro atoms. The number of alkyl carbamates (subject to hydrolysis) is 1. The van der Waals surface area contributed by atoms with E-state index in [9.17, 15) is 36.8 Å². The van der Waals surface area contributed by atoms with Gasteiger partial charge in [-0.25, -0.2) is 22.4 Å². The molecule has 5 amide bonds. The van der Waals surface area contributed by atoms with Crippen molar-refractivity contribution in [2.45, 2.75) is 119 Å². The molecule has 52 heavy (non-hydrogen) atoms. The molecule has 5 atom stereocenters. The van der Waals surface area contributed by atoms with Crippen molar-refractivity contribution in [1.29, 1.82) is 0 Å². The number of benzene rings is 1. The van der Waals surface area contributed by atoms with Gasteiger partial charge in [0.25, 0.3) is 5.91 Å². The van der Waals surface area contributed by atoms with Crippen molar-refractivity contribution in [2.75, 3.05) is 13.2 Å². The third-order valence-electron chi connectivity index (χ3n) is 11.3.